The molecule has 4 rings (SSSR count). The molecule has 21 heavy (non-hydrogen) atoms. The fraction of sp³-hybridized carbons (Fsp3) is 0.235. The molecule has 2 aromatic carbocycles. The van der Waals surface area contributed by atoms with Gasteiger partial charge in [0.1, 0.15) is 11.5 Å². The molecule has 0 amide bonds. The molecule has 2 aliphatic rings. The van der Waals surface area contributed by atoms with Crippen LogP contribution >= 0.6 is 0 Å². The molecule has 0 saturated heterocycles. The third-order valence-corrected chi connectivity index (χ3v) is 4.44. The third kappa shape index (κ3) is 1.79. The van der Waals surface area contributed by atoms with Gasteiger partial charge in [0.2, 0.25) is 0 Å². The fourth-order valence-corrected chi connectivity index (χ4v) is 3.53. The molecule has 106 valence electrons. The van der Waals surface area contributed by atoms with Crippen molar-refractivity contribution >= 4 is 5.71 Å². The molecule has 1 aliphatic heterocycles. The van der Waals surface area contributed by atoms with E-state index in [2.05, 4.69) is 0 Å². The standard InChI is InChI=1S/C17H16N2O2/c1-19-17(10-2-4-12(20)5-3-10)15-9-11-8-13(21)6-7-14(11)16(15)18-19/h2-8,15,17,20-21H,9H2,1H3. The van der Waals surface area contributed by atoms with Gasteiger partial charge in [-0.2, -0.15) is 5.10 Å². The first kappa shape index (κ1) is 12.3. The van der Waals surface area contributed by atoms with Crippen LogP contribution in [0.2, 0.25) is 0 Å². The zero-order valence-corrected chi connectivity index (χ0v) is 11.7. The summed E-state index contributed by atoms with van der Waals surface area (Å²) < 4.78 is 0. The molecule has 0 saturated carbocycles. The summed E-state index contributed by atoms with van der Waals surface area (Å²) in [5.74, 6) is 0.889. The van der Waals surface area contributed by atoms with E-state index in [0.29, 0.717) is 11.7 Å². The molecule has 1 aliphatic carbocycles. The summed E-state index contributed by atoms with van der Waals surface area (Å²) >= 11 is 0. The summed E-state index contributed by atoms with van der Waals surface area (Å²) in [5.41, 5.74) is 4.56. The van der Waals surface area contributed by atoms with Crippen molar-refractivity contribution in [1.82, 2.24) is 5.01 Å². The monoisotopic (exact) mass is 280 g/mol. The molecular weight excluding hydrogens is 264 g/mol. The van der Waals surface area contributed by atoms with Crippen LogP contribution in [0.25, 0.3) is 0 Å². The highest BCUT2D eigenvalue weighted by molar-refractivity contribution is 6.07. The molecule has 2 N–H and O–H groups in total. The Labute approximate surface area is 123 Å². The summed E-state index contributed by atoms with van der Waals surface area (Å²) in [6, 6.07) is 13.0. The van der Waals surface area contributed by atoms with Crippen LogP contribution in [0.5, 0.6) is 11.5 Å². The largest absolute Gasteiger partial charge is 0.508 e. The van der Waals surface area contributed by atoms with Crippen LogP contribution in [0.1, 0.15) is 22.7 Å². The number of hydrazone groups is 1. The normalized spacial score (nSPS) is 22.9. The van der Waals surface area contributed by atoms with Crippen molar-refractivity contribution in [3.63, 3.8) is 0 Å². The summed E-state index contributed by atoms with van der Waals surface area (Å²) in [5, 5.41) is 25.8. The van der Waals surface area contributed by atoms with E-state index in [1.165, 1.54) is 0 Å². The van der Waals surface area contributed by atoms with Crippen molar-refractivity contribution in [2.75, 3.05) is 7.05 Å². The predicted molar refractivity (Wildman–Crippen MR) is 80.4 cm³/mol. The Kier molecular flexibility index (Phi) is 2.48. The van der Waals surface area contributed by atoms with Gasteiger partial charge in [-0.05, 0) is 47.9 Å². The summed E-state index contributed by atoms with van der Waals surface area (Å²) in [6.07, 6.45) is 0.887. The first-order valence-electron chi connectivity index (χ1n) is 7.06. The van der Waals surface area contributed by atoms with Gasteiger partial charge in [0.25, 0.3) is 0 Å². The average molecular weight is 280 g/mol. The number of benzene rings is 2. The van der Waals surface area contributed by atoms with Crippen molar-refractivity contribution in [3.05, 3.63) is 59.2 Å². The highest BCUT2D eigenvalue weighted by Gasteiger charge is 2.42. The molecule has 0 fully saturated rings. The Balaban J connectivity index is 1.75. The van der Waals surface area contributed by atoms with Gasteiger partial charge in [0.15, 0.2) is 0 Å². The van der Waals surface area contributed by atoms with Crippen LogP contribution in [-0.2, 0) is 6.42 Å². The topological polar surface area (TPSA) is 56.1 Å². The quantitative estimate of drug-likeness (QED) is 0.844. The second kappa shape index (κ2) is 4.25. The number of phenolic OH excluding ortho intramolecular Hbond substituents is 2. The van der Waals surface area contributed by atoms with Gasteiger partial charge in [-0.1, -0.05) is 12.1 Å². The average Bonchev–Trinajstić information content (AvgIpc) is 2.94. The van der Waals surface area contributed by atoms with Crippen LogP contribution in [-0.4, -0.2) is 28.0 Å². The van der Waals surface area contributed by atoms with E-state index in [1.54, 1.807) is 18.2 Å². The number of phenols is 2. The Morgan fingerprint density at radius 3 is 2.52 bits per heavy atom. The first-order chi connectivity index (χ1) is 10.1. The van der Waals surface area contributed by atoms with E-state index in [9.17, 15) is 10.2 Å². The molecule has 0 radical (unpaired) electrons. The second-order valence-electron chi connectivity index (χ2n) is 5.75. The Morgan fingerprint density at radius 2 is 1.76 bits per heavy atom. The number of rotatable bonds is 1. The highest BCUT2D eigenvalue weighted by atomic mass is 16.3. The minimum absolute atomic E-state index is 0.176. The lowest BCUT2D eigenvalue weighted by Crippen LogP contribution is -2.22. The Bertz CT molecular complexity index is 737. The van der Waals surface area contributed by atoms with Crippen molar-refractivity contribution in [1.29, 1.82) is 0 Å². The maximum absolute atomic E-state index is 9.65. The summed E-state index contributed by atoms with van der Waals surface area (Å²) in [7, 11) is 1.99. The number of hydrogen-bond acceptors (Lipinski definition) is 4. The lowest BCUT2D eigenvalue weighted by atomic mass is 9.90. The van der Waals surface area contributed by atoms with Gasteiger partial charge in [0.05, 0.1) is 11.8 Å². The molecule has 2 aromatic rings. The van der Waals surface area contributed by atoms with E-state index < -0.39 is 0 Å². The smallest absolute Gasteiger partial charge is 0.115 e. The van der Waals surface area contributed by atoms with Gasteiger partial charge < -0.3 is 10.2 Å². The second-order valence-corrected chi connectivity index (χ2v) is 5.75. The molecule has 4 heteroatoms. The van der Waals surface area contributed by atoms with Gasteiger partial charge >= 0.3 is 0 Å². The van der Waals surface area contributed by atoms with E-state index in [0.717, 1.165) is 28.8 Å². The minimum atomic E-state index is 0.176. The van der Waals surface area contributed by atoms with Crippen molar-refractivity contribution in [2.45, 2.75) is 12.5 Å². The molecule has 2 atom stereocenters. The lowest BCUT2D eigenvalue weighted by Gasteiger charge is -2.24. The molecule has 0 spiro atoms. The van der Waals surface area contributed by atoms with E-state index in [1.807, 2.05) is 36.3 Å². The van der Waals surface area contributed by atoms with Gasteiger partial charge in [-0.25, -0.2) is 0 Å². The fourth-order valence-electron chi connectivity index (χ4n) is 3.53. The maximum Gasteiger partial charge on any atom is 0.115 e. The predicted octanol–water partition coefficient (Wildman–Crippen LogP) is 2.66. The number of nitrogens with zero attached hydrogens (tertiary/aromatic N) is 2. The zero-order chi connectivity index (χ0) is 14.6. The van der Waals surface area contributed by atoms with E-state index >= 15 is 0 Å². The van der Waals surface area contributed by atoms with E-state index in [-0.39, 0.29) is 11.8 Å². The van der Waals surface area contributed by atoms with Gasteiger partial charge in [0, 0.05) is 18.5 Å². The van der Waals surface area contributed by atoms with E-state index in [4.69, 9.17) is 5.10 Å². The van der Waals surface area contributed by atoms with Crippen LogP contribution in [0.15, 0.2) is 47.6 Å². The third-order valence-electron chi connectivity index (χ3n) is 4.44. The SMILES string of the molecule is CN1N=C2c3ccc(O)cc3CC2C1c1ccc(O)cc1. The number of hydrogen-bond donors (Lipinski definition) is 2. The lowest BCUT2D eigenvalue weighted by molar-refractivity contribution is 0.249. The van der Waals surface area contributed by atoms with Crippen LogP contribution in [0.4, 0.5) is 0 Å². The summed E-state index contributed by atoms with van der Waals surface area (Å²) in [6.45, 7) is 0. The van der Waals surface area contributed by atoms with Crippen LogP contribution in [0, 0.1) is 5.92 Å². The Hall–Kier alpha value is -2.49. The van der Waals surface area contributed by atoms with Crippen LogP contribution < -0.4 is 0 Å². The molecule has 0 aromatic heterocycles. The van der Waals surface area contributed by atoms with Crippen LogP contribution in [0.3, 0.4) is 0 Å². The highest BCUT2D eigenvalue weighted by Crippen LogP contribution is 2.44. The summed E-state index contributed by atoms with van der Waals surface area (Å²) in [4.78, 5) is 0. The molecule has 2 unspecified atom stereocenters. The van der Waals surface area contributed by atoms with Gasteiger partial charge in [-0.3, -0.25) is 5.01 Å². The number of aromatic hydroxyl groups is 2. The minimum Gasteiger partial charge on any atom is -0.508 e. The molecule has 4 nitrogen and oxygen atoms in total. The van der Waals surface area contributed by atoms with Crippen molar-refractivity contribution in [3.8, 4) is 11.5 Å². The molecule has 1 heterocycles. The zero-order valence-electron chi connectivity index (χ0n) is 11.7. The maximum atomic E-state index is 9.65. The molecule has 0 bridgehead atoms. The Morgan fingerprint density at radius 1 is 1.05 bits per heavy atom. The van der Waals surface area contributed by atoms with Gasteiger partial charge in [-0.15, -0.1) is 0 Å². The molecular formula is C17H16N2O2. The first-order valence-corrected chi connectivity index (χ1v) is 7.06. The number of fused-ring (bicyclic) bond motifs is 3. The van der Waals surface area contributed by atoms with Crippen molar-refractivity contribution in [2.24, 2.45) is 11.0 Å². The van der Waals surface area contributed by atoms with Crippen molar-refractivity contribution < 1.29 is 10.2 Å².